The molecule has 0 radical (unpaired) electrons. The van der Waals surface area contributed by atoms with Crippen LogP contribution in [0.2, 0.25) is 0 Å². The number of likely N-dealkylation sites (N-methyl/N-ethyl adjacent to an activating group) is 1. The first-order valence-corrected chi connectivity index (χ1v) is 5.46. The van der Waals surface area contributed by atoms with Crippen LogP contribution in [0.3, 0.4) is 0 Å². The Hall–Kier alpha value is -1.32. The van der Waals surface area contributed by atoms with E-state index in [9.17, 15) is 9.59 Å². The van der Waals surface area contributed by atoms with Crippen molar-refractivity contribution in [3.63, 3.8) is 0 Å². The number of hydrogen-bond acceptors (Lipinski definition) is 2. The molecule has 0 saturated heterocycles. The highest BCUT2D eigenvalue weighted by Gasteiger charge is 2.00. The molecule has 0 unspecified atom stereocenters. The smallest absolute Gasteiger partial charge is 0.243 e. The molecule has 0 bridgehead atoms. The molecule has 4 heteroatoms. The fourth-order valence-corrected chi connectivity index (χ4v) is 0.652. The minimum absolute atomic E-state index is 0.0382. The number of carbonyl (C=O) groups is 2. The molecular weight excluding hydrogens is 204 g/mol. The first kappa shape index (κ1) is 17.1. The molecule has 0 aromatic heterocycles. The largest absolute Gasteiger partial charge is 0.359 e. The number of allylic oxidation sites excluding steroid dienone is 1. The summed E-state index contributed by atoms with van der Waals surface area (Å²) in [6.45, 7) is 7.77. The van der Waals surface area contributed by atoms with E-state index >= 15 is 0 Å². The Labute approximate surface area is 98.5 Å². The molecule has 0 aromatic rings. The maximum atomic E-state index is 10.5. The normalized spacial score (nSPS) is 10.0. The van der Waals surface area contributed by atoms with Crippen LogP contribution in [0.5, 0.6) is 0 Å². The third-order valence-corrected chi connectivity index (χ3v) is 1.65. The maximum Gasteiger partial charge on any atom is 0.243 e. The molecule has 2 amide bonds. The fraction of sp³-hybridized carbons (Fsp3) is 0.667. The highest BCUT2D eigenvalue weighted by Crippen LogP contribution is 1.91. The molecule has 0 saturated carbocycles. The number of amides is 2. The molecule has 16 heavy (non-hydrogen) atoms. The summed E-state index contributed by atoms with van der Waals surface area (Å²) in [5.41, 5.74) is 0. The zero-order valence-corrected chi connectivity index (χ0v) is 11.1. The van der Waals surface area contributed by atoms with E-state index in [0.29, 0.717) is 5.92 Å². The summed E-state index contributed by atoms with van der Waals surface area (Å²) in [4.78, 5) is 20.9. The van der Waals surface area contributed by atoms with Gasteiger partial charge in [-0.2, -0.15) is 0 Å². The van der Waals surface area contributed by atoms with Gasteiger partial charge in [-0.15, -0.1) is 0 Å². The molecule has 0 atom stereocenters. The van der Waals surface area contributed by atoms with Gasteiger partial charge in [-0.1, -0.05) is 33.8 Å². The van der Waals surface area contributed by atoms with Crippen molar-refractivity contribution < 1.29 is 9.59 Å². The summed E-state index contributed by atoms with van der Waals surface area (Å²) in [6, 6.07) is 0. The van der Waals surface area contributed by atoms with E-state index in [1.54, 1.807) is 20.2 Å². The number of hydrogen-bond donors (Lipinski definition) is 2. The van der Waals surface area contributed by atoms with E-state index in [-0.39, 0.29) is 17.7 Å². The second-order valence-corrected chi connectivity index (χ2v) is 3.99. The van der Waals surface area contributed by atoms with E-state index in [4.69, 9.17) is 0 Å². The summed E-state index contributed by atoms with van der Waals surface area (Å²) in [5, 5.41) is 5.02. The maximum absolute atomic E-state index is 10.5. The van der Waals surface area contributed by atoms with Crippen molar-refractivity contribution in [2.24, 2.45) is 11.8 Å². The summed E-state index contributed by atoms with van der Waals surface area (Å²) in [7, 11) is 3.26. The monoisotopic (exact) mass is 228 g/mol. The van der Waals surface area contributed by atoms with Crippen LogP contribution in [0.15, 0.2) is 12.2 Å². The SMILES string of the molecule is CNC(=O)/C=C/C(C)C.CNC(=O)C(C)C. The Morgan fingerprint density at radius 1 is 1.00 bits per heavy atom. The highest BCUT2D eigenvalue weighted by atomic mass is 16.2. The van der Waals surface area contributed by atoms with Crippen LogP contribution < -0.4 is 10.6 Å². The van der Waals surface area contributed by atoms with Gasteiger partial charge in [0.1, 0.15) is 0 Å². The first-order chi connectivity index (χ1) is 7.34. The van der Waals surface area contributed by atoms with E-state index in [1.807, 2.05) is 33.8 Å². The molecule has 2 N–H and O–H groups in total. The average Bonchev–Trinajstić information content (AvgIpc) is 2.25. The Balaban J connectivity index is 0. The van der Waals surface area contributed by atoms with E-state index in [0.717, 1.165) is 0 Å². The van der Waals surface area contributed by atoms with Crippen LogP contribution in [-0.2, 0) is 9.59 Å². The third kappa shape index (κ3) is 12.7. The lowest BCUT2D eigenvalue weighted by Gasteiger charge is -1.98. The van der Waals surface area contributed by atoms with Crippen molar-refractivity contribution in [3.05, 3.63) is 12.2 Å². The third-order valence-electron chi connectivity index (χ3n) is 1.65. The molecule has 0 rings (SSSR count). The van der Waals surface area contributed by atoms with Crippen molar-refractivity contribution in [1.29, 1.82) is 0 Å². The molecule has 0 aliphatic rings. The minimum Gasteiger partial charge on any atom is -0.359 e. The highest BCUT2D eigenvalue weighted by molar-refractivity contribution is 5.87. The van der Waals surface area contributed by atoms with Gasteiger partial charge >= 0.3 is 0 Å². The van der Waals surface area contributed by atoms with Crippen LogP contribution in [0.1, 0.15) is 27.7 Å². The van der Waals surface area contributed by atoms with Gasteiger partial charge < -0.3 is 10.6 Å². The van der Waals surface area contributed by atoms with Gasteiger partial charge in [-0.3, -0.25) is 9.59 Å². The van der Waals surface area contributed by atoms with Gasteiger partial charge in [-0.25, -0.2) is 0 Å². The molecular formula is C12H24N2O2. The van der Waals surface area contributed by atoms with Crippen molar-refractivity contribution in [1.82, 2.24) is 10.6 Å². The average molecular weight is 228 g/mol. The summed E-state index contributed by atoms with van der Waals surface area (Å²) in [5.74, 6) is 0.621. The molecule has 0 fully saturated rings. The van der Waals surface area contributed by atoms with E-state index in [1.165, 1.54) is 0 Å². The van der Waals surface area contributed by atoms with Gasteiger partial charge in [0.25, 0.3) is 0 Å². The van der Waals surface area contributed by atoms with Crippen LogP contribution in [0.25, 0.3) is 0 Å². The Morgan fingerprint density at radius 2 is 1.50 bits per heavy atom. The van der Waals surface area contributed by atoms with Crippen molar-refractivity contribution >= 4 is 11.8 Å². The fourth-order valence-electron chi connectivity index (χ4n) is 0.652. The summed E-state index contributed by atoms with van der Waals surface area (Å²) < 4.78 is 0. The minimum atomic E-state index is -0.0382. The van der Waals surface area contributed by atoms with Gasteiger partial charge in [0.2, 0.25) is 11.8 Å². The first-order valence-electron chi connectivity index (χ1n) is 5.46. The molecule has 0 aliphatic carbocycles. The van der Waals surface area contributed by atoms with Gasteiger partial charge in [0.05, 0.1) is 0 Å². The van der Waals surface area contributed by atoms with Crippen molar-refractivity contribution in [3.8, 4) is 0 Å². The molecule has 0 aromatic carbocycles. The topological polar surface area (TPSA) is 58.2 Å². The van der Waals surface area contributed by atoms with Crippen LogP contribution in [-0.4, -0.2) is 25.9 Å². The molecule has 0 spiro atoms. The predicted octanol–water partition coefficient (Wildman–Crippen LogP) is 1.33. The Bertz CT molecular complexity index is 233. The molecule has 0 aliphatic heterocycles. The second kappa shape index (κ2) is 10.2. The van der Waals surface area contributed by atoms with Crippen LogP contribution in [0.4, 0.5) is 0 Å². The van der Waals surface area contributed by atoms with E-state index < -0.39 is 0 Å². The zero-order chi connectivity index (χ0) is 13.1. The van der Waals surface area contributed by atoms with Crippen molar-refractivity contribution in [2.45, 2.75) is 27.7 Å². The number of nitrogens with one attached hydrogen (secondary N) is 2. The van der Waals surface area contributed by atoms with Crippen LogP contribution in [0, 0.1) is 11.8 Å². The second-order valence-electron chi connectivity index (χ2n) is 3.99. The predicted molar refractivity (Wildman–Crippen MR) is 66.9 cm³/mol. The zero-order valence-electron chi connectivity index (χ0n) is 11.1. The lowest BCUT2D eigenvalue weighted by Crippen LogP contribution is -2.22. The summed E-state index contributed by atoms with van der Waals surface area (Å²) >= 11 is 0. The summed E-state index contributed by atoms with van der Waals surface area (Å²) in [6.07, 6.45) is 3.41. The number of carbonyl (C=O) groups excluding carboxylic acids is 2. The Kier molecular flexibility index (Phi) is 10.9. The molecule has 4 nitrogen and oxygen atoms in total. The van der Waals surface area contributed by atoms with Gasteiger partial charge in [-0.05, 0) is 12.0 Å². The molecule has 94 valence electrons. The van der Waals surface area contributed by atoms with Crippen molar-refractivity contribution in [2.75, 3.05) is 14.1 Å². The lowest BCUT2D eigenvalue weighted by molar-refractivity contribution is -0.123. The molecule has 0 heterocycles. The van der Waals surface area contributed by atoms with Gasteiger partial charge in [0.15, 0.2) is 0 Å². The number of rotatable bonds is 3. The van der Waals surface area contributed by atoms with Gasteiger partial charge in [0, 0.05) is 20.0 Å². The van der Waals surface area contributed by atoms with Crippen LogP contribution >= 0.6 is 0 Å². The quantitative estimate of drug-likeness (QED) is 0.716. The lowest BCUT2D eigenvalue weighted by atomic mass is 10.2. The Morgan fingerprint density at radius 3 is 1.69 bits per heavy atom. The standard InChI is InChI=1S/C7H13NO.C5H11NO/c1-6(2)4-5-7(9)8-3;1-4(2)5(7)6-3/h4-6H,1-3H3,(H,8,9);4H,1-3H3,(H,6,7)/b5-4+;. The van der Waals surface area contributed by atoms with E-state index in [2.05, 4.69) is 10.6 Å².